The molecule has 0 amide bonds. The molecule has 4 heteroatoms. The minimum absolute atomic E-state index is 0.0844. The average molecular weight is 254 g/mol. The van der Waals surface area contributed by atoms with Crippen LogP contribution in [0.5, 0.6) is 0 Å². The smallest absolute Gasteiger partial charge is 0.307 e. The first-order chi connectivity index (χ1) is 8.72. The molecule has 2 unspecified atom stereocenters. The molecule has 0 aromatic heterocycles. The van der Waals surface area contributed by atoms with Crippen molar-refractivity contribution in [1.82, 2.24) is 10.2 Å². The van der Waals surface area contributed by atoms with Crippen molar-refractivity contribution in [3.63, 3.8) is 0 Å². The Morgan fingerprint density at radius 1 is 1.33 bits per heavy atom. The average Bonchev–Trinajstić information content (AvgIpc) is 2.82. The van der Waals surface area contributed by atoms with Crippen LogP contribution in [0.3, 0.4) is 0 Å². The van der Waals surface area contributed by atoms with E-state index in [1.165, 1.54) is 39.2 Å². The van der Waals surface area contributed by atoms with Crippen LogP contribution in [0.2, 0.25) is 0 Å². The Kier molecular flexibility index (Phi) is 5.01. The highest BCUT2D eigenvalue weighted by atomic mass is 16.5. The van der Waals surface area contributed by atoms with Gasteiger partial charge in [0.15, 0.2) is 0 Å². The van der Waals surface area contributed by atoms with Crippen molar-refractivity contribution < 1.29 is 9.53 Å². The highest BCUT2D eigenvalue weighted by Gasteiger charge is 2.34. The number of methoxy groups -OCH3 is 1. The maximum Gasteiger partial charge on any atom is 0.307 e. The van der Waals surface area contributed by atoms with Gasteiger partial charge in [-0.2, -0.15) is 0 Å². The van der Waals surface area contributed by atoms with Crippen LogP contribution in [0.4, 0.5) is 0 Å². The summed E-state index contributed by atoms with van der Waals surface area (Å²) in [5.74, 6) is -0.0844. The van der Waals surface area contributed by atoms with E-state index in [1.807, 2.05) is 0 Å². The van der Waals surface area contributed by atoms with Crippen LogP contribution in [-0.2, 0) is 9.53 Å². The van der Waals surface area contributed by atoms with E-state index in [-0.39, 0.29) is 5.97 Å². The number of carbonyl (C=O) groups excluding carboxylic acids is 1. The third-order valence-electron chi connectivity index (χ3n) is 4.43. The number of hydrogen-bond acceptors (Lipinski definition) is 4. The molecule has 1 aliphatic heterocycles. The lowest BCUT2D eigenvalue weighted by Crippen LogP contribution is -2.49. The van der Waals surface area contributed by atoms with Gasteiger partial charge in [0.2, 0.25) is 0 Å². The van der Waals surface area contributed by atoms with Gasteiger partial charge in [0.05, 0.1) is 13.5 Å². The zero-order valence-corrected chi connectivity index (χ0v) is 11.7. The summed E-state index contributed by atoms with van der Waals surface area (Å²) in [6, 6.07) is 1.55. The number of rotatable bonds is 3. The molecule has 2 fully saturated rings. The minimum atomic E-state index is -0.0844. The first kappa shape index (κ1) is 13.8. The second-order valence-corrected chi connectivity index (χ2v) is 5.66. The topological polar surface area (TPSA) is 41.6 Å². The highest BCUT2D eigenvalue weighted by Crippen LogP contribution is 2.29. The second kappa shape index (κ2) is 6.53. The van der Waals surface area contributed by atoms with E-state index in [4.69, 9.17) is 4.74 Å². The molecule has 1 heterocycles. The zero-order valence-electron chi connectivity index (χ0n) is 11.7. The molecule has 18 heavy (non-hydrogen) atoms. The molecule has 2 atom stereocenters. The Morgan fingerprint density at radius 2 is 2.06 bits per heavy atom. The predicted molar refractivity (Wildman–Crippen MR) is 71.5 cm³/mol. The summed E-state index contributed by atoms with van der Waals surface area (Å²) in [6.07, 6.45) is 6.96. The van der Waals surface area contributed by atoms with E-state index >= 15 is 0 Å². The molecule has 0 bridgehead atoms. The lowest BCUT2D eigenvalue weighted by molar-refractivity contribution is -0.142. The summed E-state index contributed by atoms with van der Waals surface area (Å²) in [6.45, 7) is 4.27. The second-order valence-electron chi connectivity index (χ2n) is 5.66. The van der Waals surface area contributed by atoms with Crippen LogP contribution in [0, 0.1) is 0 Å². The summed E-state index contributed by atoms with van der Waals surface area (Å²) >= 11 is 0. The highest BCUT2D eigenvalue weighted by molar-refractivity contribution is 5.70. The minimum Gasteiger partial charge on any atom is -0.469 e. The van der Waals surface area contributed by atoms with Crippen molar-refractivity contribution >= 4 is 5.97 Å². The van der Waals surface area contributed by atoms with Crippen molar-refractivity contribution in [3.05, 3.63) is 0 Å². The molecule has 1 N–H and O–H groups in total. The summed E-state index contributed by atoms with van der Waals surface area (Å²) in [4.78, 5) is 14.2. The molecule has 0 radical (unpaired) electrons. The Hall–Kier alpha value is -0.610. The molecule has 0 spiro atoms. The molecule has 104 valence electrons. The third kappa shape index (κ3) is 3.23. The van der Waals surface area contributed by atoms with Gasteiger partial charge in [0.25, 0.3) is 0 Å². The van der Waals surface area contributed by atoms with Crippen LogP contribution in [0.15, 0.2) is 0 Å². The van der Waals surface area contributed by atoms with Crippen LogP contribution in [0.1, 0.15) is 45.4 Å². The standard InChI is InChI=1S/C14H26N2O2/c1-11-7-8-15-10-13(9-14(17)18-2)16(11)12-5-3-4-6-12/h11-13,15H,3-10H2,1-2H3. The molecule has 0 aromatic rings. The first-order valence-corrected chi connectivity index (χ1v) is 7.27. The quantitative estimate of drug-likeness (QED) is 0.776. The number of nitrogens with zero attached hydrogens (tertiary/aromatic N) is 1. The van der Waals surface area contributed by atoms with Crippen molar-refractivity contribution in [3.8, 4) is 0 Å². The molecule has 1 saturated heterocycles. The third-order valence-corrected chi connectivity index (χ3v) is 4.43. The van der Waals surface area contributed by atoms with Gasteiger partial charge >= 0.3 is 5.97 Å². The molecule has 1 aliphatic carbocycles. The van der Waals surface area contributed by atoms with Crippen LogP contribution in [-0.4, -0.2) is 49.2 Å². The number of hydrogen-bond donors (Lipinski definition) is 1. The molecular weight excluding hydrogens is 228 g/mol. The summed E-state index contributed by atoms with van der Waals surface area (Å²) in [7, 11) is 1.48. The fraction of sp³-hybridized carbons (Fsp3) is 0.929. The largest absolute Gasteiger partial charge is 0.469 e. The van der Waals surface area contributed by atoms with Crippen molar-refractivity contribution in [2.75, 3.05) is 20.2 Å². The summed E-state index contributed by atoms with van der Waals surface area (Å²) in [5, 5.41) is 3.46. The monoisotopic (exact) mass is 254 g/mol. The molecule has 4 nitrogen and oxygen atoms in total. The number of esters is 1. The van der Waals surface area contributed by atoms with Crippen LogP contribution < -0.4 is 5.32 Å². The maximum atomic E-state index is 11.6. The number of carbonyl (C=O) groups is 1. The Bertz CT molecular complexity index is 277. The van der Waals surface area contributed by atoms with Crippen LogP contribution in [0.25, 0.3) is 0 Å². The molecule has 2 aliphatic rings. The number of ether oxygens (including phenoxy) is 1. The fourth-order valence-electron chi connectivity index (χ4n) is 3.51. The van der Waals surface area contributed by atoms with Gasteiger partial charge in [-0.25, -0.2) is 0 Å². The lowest BCUT2D eigenvalue weighted by atomic mass is 10.0. The zero-order chi connectivity index (χ0) is 13.0. The molecule has 0 aromatic carbocycles. The van der Waals surface area contributed by atoms with Gasteiger partial charge in [-0.05, 0) is 32.7 Å². The molecular formula is C14H26N2O2. The maximum absolute atomic E-state index is 11.6. The summed E-state index contributed by atoms with van der Waals surface area (Å²) < 4.78 is 4.85. The normalized spacial score (nSPS) is 31.2. The Morgan fingerprint density at radius 3 is 2.72 bits per heavy atom. The molecule has 2 rings (SSSR count). The van der Waals surface area contributed by atoms with Crippen LogP contribution >= 0.6 is 0 Å². The van der Waals surface area contributed by atoms with E-state index in [2.05, 4.69) is 17.1 Å². The van der Waals surface area contributed by atoms with E-state index in [0.29, 0.717) is 24.5 Å². The van der Waals surface area contributed by atoms with E-state index in [9.17, 15) is 4.79 Å². The number of nitrogens with one attached hydrogen (secondary N) is 1. The predicted octanol–water partition coefficient (Wildman–Crippen LogP) is 1.54. The van der Waals surface area contributed by atoms with E-state index in [0.717, 1.165) is 13.1 Å². The Labute approximate surface area is 110 Å². The first-order valence-electron chi connectivity index (χ1n) is 7.27. The van der Waals surface area contributed by atoms with E-state index in [1.54, 1.807) is 0 Å². The molecule has 1 saturated carbocycles. The van der Waals surface area contributed by atoms with Gasteiger partial charge in [-0.3, -0.25) is 9.69 Å². The van der Waals surface area contributed by atoms with Crippen molar-refractivity contribution in [2.45, 2.75) is 63.6 Å². The van der Waals surface area contributed by atoms with E-state index < -0.39 is 0 Å². The Balaban J connectivity index is 2.07. The van der Waals surface area contributed by atoms with Gasteiger partial charge in [-0.15, -0.1) is 0 Å². The van der Waals surface area contributed by atoms with Crippen molar-refractivity contribution in [1.29, 1.82) is 0 Å². The van der Waals surface area contributed by atoms with Crippen molar-refractivity contribution in [2.24, 2.45) is 0 Å². The van der Waals surface area contributed by atoms with Gasteiger partial charge in [-0.1, -0.05) is 12.8 Å². The SMILES string of the molecule is COC(=O)CC1CNCCC(C)N1C1CCCC1. The lowest BCUT2D eigenvalue weighted by Gasteiger charge is -2.38. The summed E-state index contributed by atoms with van der Waals surface area (Å²) in [5.41, 5.74) is 0. The van der Waals surface area contributed by atoms with Gasteiger partial charge < -0.3 is 10.1 Å². The fourth-order valence-corrected chi connectivity index (χ4v) is 3.51. The van der Waals surface area contributed by atoms with Gasteiger partial charge in [0.1, 0.15) is 0 Å². The van der Waals surface area contributed by atoms with Gasteiger partial charge in [0, 0.05) is 24.7 Å².